The SMILES string of the molecule is CC(C)c1ccc(F)c2c1S(=O)CC2. The van der Waals surface area contributed by atoms with Crippen LogP contribution in [0.4, 0.5) is 4.39 Å². The van der Waals surface area contributed by atoms with Gasteiger partial charge in [-0.2, -0.15) is 0 Å². The molecule has 0 fully saturated rings. The second-order valence-corrected chi connectivity index (χ2v) is 5.41. The van der Waals surface area contributed by atoms with Crippen molar-refractivity contribution in [3.05, 3.63) is 29.1 Å². The third kappa shape index (κ3) is 1.40. The van der Waals surface area contributed by atoms with Crippen LogP contribution >= 0.6 is 0 Å². The van der Waals surface area contributed by atoms with Crippen LogP contribution in [0.5, 0.6) is 0 Å². The van der Waals surface area contributed by atoms with Gasteiger partial charge in [-0.1, -0.05) is 19.9 Å². The first-order chi connectivity index (χ1) is 6.61. The maximum absolute atomic E-state index is 13.4. The van der Waals surface area contributed by atoms with Crippen LogP contribution in [0.1, 0.15) is 30.9 Å². The summed E-state index contributed by atoms with van der Waals surface area (Å²) in [4.78, 5) is 0.764. The van der Waals surface area contributed by atoms with Crippen LogP contribution in [-0.4, -0.2) is 9.96 Å². The van der Waals surface area contributed by atoms with Crippen molar-refractivity contribution in [2.75, 3.05) is 5.75 Å². The van der Waals surface area contributed by atoms with Gasteiger partial charge in [0.05, 0.1) is 10.8 Å². The molecule has 1 aromatic rings. The zero-order valence-electron chi connectivity index (χ0n) is 8.34. The summed E-state index contributed by atoms with van der Waals surface area (Å²) in [5.41, 5.74) is 1.71. The standard InChI is InChI=1S/C11H13FOS/c1-7(2)8-3-4-10(12)9-5-6-14(13)11(8)9/h3-4,7H,5-6H2,1-2H3. The zero-order chi connectivity index (χ0) is 10.3. The first kappa shape index (κ1) is 9.84. The summed E-state index contributed by atoms with van der Waals surface area (Å²) in [6.45, 7) is 4.09. The molecule has 0 N–H and O–H groups in total. The van der Waals surface area contributed by atoms with Crippen LogP contribution in [0.2, 0.25) is 0 Å². The Morgan fingerprint density at radius 1 is 1.43 bits per heavy atom. The van der Waals surface area contributed by atoms with Crippen LogP contribution in [0.15, 0.2) is 17.0 Å². The van der Waals surface area contributed by atoms with Crippen molar-refractivity contribution < 1.29 is 8.60 Å². The van der Waals surface area contributed by atoms with Gasteiger partial charge in [-0.25, -0.2) is 4.39 Å². The molecule has 2 rings (SSSR count). The predicted octanol–water partition coefficient (Wildman–Crippen LogP) is 2.61. The third-order valence-corrected chi connectivity index (χ3v) is 4.13. The lowest BCUT2D eigenvalue weighted by Crippen LogP contribution is -1.99. The van der Waals surface area contributed by atoms with E-state index in [2.05, 4.69) is 0 Å². The van der Waals surface area contributed by atoms with E-state index in [-0.39, 0.29) is 5.82 Å². The van der Waals surface area contributed by atoms with Crippen LogP contribution in [-0.2, 0) is 17.2 Å². The van der Waals surface area contributed by atoms with Crippen molar-refractivity contribution in [3.8, 4) is 0 Å². The molecule has 1 aromatic carbocycles. The lowest BCUT2D eigenvalue weighted by atomic mass is 9.99. The van der Waals surface area contributed by atoms with Gasteiger partial charge < -0.3 is 0 Å². The van der Waals surface area contributed by atoms with Crippen molar-refractivity contribution in [3.63, 3.8) is 0 Å². The maximum Gasteiger partial charge on any atom is 0.127 e. The summed E-state index contributed by atoms with van der Waals surface area (Å²) in [5, 5.41) is 0. The molecule has 76 valence electrons. The molecular formula is C11H13FOS. The Kier molecular flexibility index (Phi) is 2.43. The largest absolute Gasteiger partial charge is 0.254 e. The van der Waals surface area contributed by atoms with E-state index in [9.17, 15) is 8.60 Å². The Labute approximate surface area is 85.8 Å². The van der Waals surface area contributed by atoms with Gasteiger partial charge >= 0.3 is 0 Å². The second-order valence-electron chi connectivity index (χ2n) is 3.90. The van der Waals surface area contributed by atoms with E-state index in [1.807, 2.05) is 13.8 Å². The molecular weight excluding hydrogens is 199 g/mol. The van der Waals surface area contributed by atoms with Gasteiger partial charge in [0, 0.05) is 16.2 Å². The molecule has 0 aliphatic carbocycles. The average Bonchev–Trinajstić information content (AvgIpc) is 2.50. The molecule has 1 aliphatic rings. The molecule has 0 amide bonds. The summed E-state index contributed by atoms with van der Waals surface area (Å²) in [7, 11) is -0.980. The van der Waals surface area contributed by atoms with Crippen molar-refractivity contribution in [2.24, 2.45) is 0 Å². The number of fused-ring (bicyclic) bond motifs is 1. The van der Waals surface area contributed by atoms with Gasteiger partial charge in [-0.05, 0) is 24.0 Å². The van der Waals surface area contributed by atoms with E-state index in [1.165, 1.54) is 6.07 Å². The summed E-state index contributed by atoms with van der Waals surface area (Å²) in [6.07, 6.45) is 0.619. The first-order valence-electron chi connectivity index (χ1n) is 4.81. The van der Waals surface area contributed by atoms with E-state index in [0.717, 1.165) is 10.5 Å². The molecule has 1 nitrogen and oxygen atoms in total. The van der Waals surface area contributed by atoms with Crippen LogP contribution in [0.3, 0.4) is 0 Å². The highest BCUT2D eigenvalue weighted by Gasteiger charge is 2.25. The molecule has 0 aromatic heterocycles. The first-order valence-corrected chi connectivity index (χ1v) is 6.12. The molecule has 0 saturated carbocycles. The van der Waals surface area contributed by atoms with Gasteiger partial charge in [-0.15, -0.1) is 0 Å². The van der Waals surface area contributed by atoms with Gasteiger partial charge in [0.1, 0.15) is 5.82 Å². The minimum atomic E-state index is -0.980. The van der Waals surface area contributed by atoms with Gasteiger partial charge in [0.15, 0.2) is 0 Å². The van der Waals surface area contributed by atoms with Gasteiger partial charge in [0.2, 0.25) is 0 Å². The van der Waals surface area contributed by atoms with Crippen molar-refractivity contribution >= 4 is 10.8 Å². The van der Waals surface area contributed by atoms with Gasteiger partial charge in [0.25, 0.3) is 0 Å². The summed E-state index contributed by atoms with van der Waals surface area (Å²) in [6, 6.07) is 3.26. The van der Waals surface area contributed by atoms with Crippen LogP contribution in [0, 0.1) is 5.82 Å². The molecule has 1 aliphatic heterocycles. The summed E-state index contributed by atoms with van der Waals surface area (Å²) >= 11 is 0. The number of hydrogen-bond acceptors (Lipinski definition) is 1. The fourth-order valence-corrected chi connectivity index (χ4v) is 3.51. The Hall–Kier alpha value is -0.700. The molecule has 0 bridgehead atoms. The Balaban J connectivity index is 2.66. The molecule has 0 radical (unpaired) electrons. The molecule has 1 heterocycles. The molecule has 0 saturated heterocycles. The fourth-order valence-electron chi connectivity index (χ4n) is 1.88. The lowest BCUT2D eigenvalue weighted by Gasteiger charge is -2.11. The molecule has 1 atom stereocenters. The Morgan fingerprint density at radius 2 is 2.14 bits per heavy atom. The quantitative estimate of drug-likeness (QED) is 0.699. The number of benzene rings is 1. The van der Waals surface area contributed by atoms with Crippen LogP contribution < -0.4 is 0 Å². The van der Waals surface area contributed by atoms with Gasteiger partial charge in [-0.3, -0.25) is 4.21 Å². The lowest BCUT2D eigenvalue weighted by molar-refractivity contribution is 0.605. The minimum absolute atomic E-state index is 0.199. The van der Waals surface area contributed by atoms with E-state index in [0.29, 0.717) is 23.7 Å². The average molecular weight is 212 g/mol. The highest BCUT2D eigenvalue weighted by molar-refractivity contribution is 7.85. The highest BCUT2D eigenvalue weighted by Crippen LogP contribution is 2.32. The monoisotopic (exact) mass is 212 g/mol. The van der Waals surface area contributed by atoms with Crippen molar-refractivity contribution in [2.45, 2.75) is 31.1 Å². The molecule has 0 spiro atoms. The summed E-state index contributed by atoms with van der Waals surface area (Å²) in [5.74, 6) is 0.692. The fraction of sp³-hybridized carbons (Fsp3) is 0.455. The number of rotatable bonds is 1. The van der Waals surface area contributed by atoms with E-state index in [4.69, 9.17) is 0 Å². The number of halogens is 1. The third-order valence-electron chi connectivity index (χ3n) is 2.62. The molecule has 3 heteroatoms. The van der Waals surface area contributed by atoms with Crippen molar-refractivity contribution in [1.82, 2.24) is 0 Å². The van der Waals surface area contributed by atoms with E-state index in [1.54, 1.807) is 6.07 Å². The van der Waals surface area contributed by atoms with Crippen LogP contribution in [0.25, 0.3) is 0 Å². The minimum Gasteiger partial charge on any atom is -0.254 e. The maximum atomic E-state index is 13.4. The highest BCUT2D eigenvalue weighted by atomic mass is 32.2. The predicted molar refractivity (Wildman–Crippen MR) is 55.5 cm³/mol. The van der Waals surface area contributed by atoms with E-state index >= 15 is 0 Å². The number of hydrogen-bond donors (Lipinski definition) is 0. The molecule has 1 unspecified atom stereocenters. The Bertz CT molecular complexity index is 399. The second kappa shape index (κ2) is 3.46. The molecule has 14 heavy (non-hydrogen) atoms. The van der Waals surface area contributed by atoms with E-state index < -0.39 is 10.8 Å². The normalized spacial score (nSPS) is 20.1. The summed E-state index contributed by atoms with van der Waals surface area (Å²) < 4.78 is 25.1. The Morgan fingerprint density at radius 3 is 2.79 bits per heavy atom. The zero-order valence-corrected chi connectivity index (χ0v) is 9.16. The smallest absolute Gasteiger partial charge is 0.127 e. The van der Waals surface area contributed by atoms with Crippen molar-refractivity contribution in [1.29, 1.82) is 0 Å². The topological polar surface area (TPSA) is 17.1 Å².